The molecule has 94 valence electrons. The van der Waals surface area contributed by atoms with Crippen LogP contribution in [0.5, 0.6) is 0 Å². The smallest absolute Gasteiger partial charge is 0.164 e. The number of nitrogens with zero attached hydrogens (tertiary/aromatic N) is 3. The summed E-state index contributed by atoms with van der Waals surface area (Å²) in [6.45, 7) is 4.00. The number of Topliss-reactive ketones (excluding diaryl/α,β-unsaturated/α-hetero) is 1. The van der Waals surface area contributed by atoms with E-state index in [0.717, 1.165) is 18.8 Å². The molecule has 0 spiro atoms. The van der Waals surface area contributed by atoms with Crippen LogP contribution < -0.4 is 0 Å². The summed E-state index contributed by atoms with van der Waals surface area (Å²) >= 11 is 0. The van der Waals surface area contributed by atoms with Crippen LogP contribution >= 0.6 is 0 Å². The van der Waals surface area contributed by atoms with Crippen LogP contribution in [0.4, 0.5) is 0 Å². The lowest BCUT2D eigenvalue weighted by atomic mass is 10.2. The van der Waals surface area contributed by atoms with Crippen LogP contribution in [0.25, 0.3) is 0 Å². The summed E-state index contributed by atoms with van der Waals surface area (Å²) < 4.78 is 12.2. The van der Waals surface area contributed by atoms with E-state index in [9.17, 15) is 4.79 Å². The molecule has 0 aromatic carbocycles. The minimum atomic E-state index is -0.370. The summed E-state index contributed by atoms with van der Waals surface area (Å²) in [7, 11) is 0. The van der Waals surface area contributed by atoms with Crippen molar-refractivity contribution in [2.24, 2.45) is 0 Å². The first-order valence-electron chi connectivity index (χ1n) is 5.91. The van der Waals surface area contributed by atoms with Crippen molar-refractivity contribution in [2.75, 3.05) is 13.2 Å². The number of carbonyl (C=O) groups excluding carboxylic acids is 1. The Morgan fingerprint density at radius 2 is 2.29 bits per heavy atom. The largest absolute Gasteiger partial charge is 0.350 e. The number of rotatable bonds is 6. The van der Waals surface area contributed by atoms with Crippen molar-refractivity contribution in [2.45, 2.75) is 39.0 Å². The minimum Gasteiger partial charge on any atom is -0.350 e. The van der Waals surface area contributed by atoms with E-state index >= 15 is 0 Å². The average Bonchev–Trinajstić information content (AvgIpc) is 2.92. The van der Waals surface area contributed by atoms with E-state index in [4.69, 9.17) is 9.47 Å². The third kappa shape index (κ3) is 3.34. The first kappa shape index (κ1) is 12.2. The van der Waals surface area contributed by atoms with Crippen molar-refractivity contribution in [3.8, 4) is 0 Å². The number of aromatic nitrogens is 3. The molecule has 2 rings (SSSR count). The molecule has 0 bridgehead atoms. The molecule has 1 aromatic rings. The number of carbonyl (C=O) groups is 1. The molecule has 0 aliphatic carbocycles. The van der Waals surface area contributed by atoms with E-state index in [2.05, 4.69) is 17.0 Å². The molecule has 1 saturated heterocycles. The number of ketones is 1. The molecular weight excluding hydrogens is 222 g/mol. The topological polar surface area (TPSA) is 66.2 Å². The second-order valence-corrected chi connectivity index (χ2v) is 3.99. The van der Waals surface area contributed by atoms with Crippen molar-refractivity contribution < 1.29 is 14.3 Å². The summed E-state index contributed by atoms with van der Waals surface area (Å²) in [6.07, 6.45) is 2.67. The fraction of sp³-hybridized carbons (Fsp3) is 0.727. The molecule has 0 saturated carbocycles. The van der Waals surface area contributed by atoms with Crippen molar-refractivity contribution in [1.29, 1.82) is 0 Å². The van der Waals surface area contributed by atoms with E-state index in [1.165, 1.54) is 6.33 Å². The van der Waals surface area contributed by atoms with Gasteiger partial charge in [-0.2, -0.15) is 5.10 Å². The van der Waals surface area contributed by atoms with E-state index in [0.29, 0.717) is 26.1 Å². The van der Waals surface area contributed by atoms with E-state index in [-0.39, 0.29) is 12.1 Å². The monoisotopic (exact) mass is 239 g/mol. The fourth-order valence-electron chi connectivity index (χ4n) is 1.78. The third-order valence-electron chi connectivity index (χ3n) is 2.57. The third-order valence-corrected chi connectivity index (χ3v) is 2.57. The molecule has 0 amide bonds. The van der Waals surface area contributed by atoms with Gasteiger partial charge in [-0.05, 0) is 6.42 Å². The van der Waals surface area contributed by atoms with Gasteiger partial charge in [0, 0.05) is 6.54 Å². The van der Waals surface area contributed by atoms with Gasteiger partial charge in [0.2, 0.25) is 0 Å². The standard InChI is InChI=1S/C11H17N3O3/c1-2-3-14-10(12-8-13-14)6-9(15)7-11-16-4-5-17-11/h8,11H,2-7H2,1H3. The summed E-state index contributed by atoms with van der Waals surface area (Å²) in [5.74, 6) is 0.789. The van der Waals surface area contributed by atoms with Gasteiger partial charge in [-0.25, -0.2) is 9.67 Å². The van der Waals surface area contributed by atoms with Gasteiger partial charge >= 0.3 is 0 Å². The van der Waals surface area contributed by atoms with Gasteiger partial charge in [0.15, 0.2) is 6.29 Å². The molecule has 17 heavy (non-hydrogen) atoms. The predicted octanol–water partition coefficient (Wildman–Crippen LogP) is 0.563. The Hall–Kier alpha value is -1.27. The zero-order chi connectivity index (χ0) is 12.1. The van der Waals surface area contributed by atoms with Gasteiger partial charge in [-0.1, -0.05) is 6.92 Å². The summed E-state index contributed by atoms with van der Waals surface area (Å²) in [5, 5.41) is 4.08. The molecule has 0 unspecified atom stereocenters. The normalized spacial score (nSPS) is 16.5. The highest BCUT2D eigenvalue weighted by Crippen LogP contribution is 2.10. The Bertz CT molecular complexity index is 372. The van der Waals surface area contributed by atoms with Gasteiger partial charge in [0.1, 0.15) is 17.9 Å². The highest BCUT2D eigenvalue weighted by Gasteiger charge is 2.20. The Labute approximate surface area is 99.9 Å². The molecule has 1 aliphatic heterocycles. The Kier molecular flexibility index (Phi) is 4.22. The van der Waals surface area contributed by atoms with Crippen molar-refractivity contribution >= 4 is 5.78 Å². The summed E-state index contributed by atoms with van der Waals surface area (Å²) in [6, 6.07) is 0. The van der Waals surface area contributed by atoms with Gasteiger partial charge in [0.25, 0.3) is 0 Å². The summed E-state index contributed by atoms with van der Waals surface area (Å²) in [4.78, 5) is 15.9. The fourth-order valence-corrected chi connectivity index (χ4v) is 1.78. The Morgan fingerprint density at radius 1 is 1.53 bits per heavy atom. The lowest BCUT2D eigenvalue weighted by molar-refractivity contribution is -0.126. The second-order valence-electron chi connectivity index (χ2n) is 3.99. The van der Waals surface area contributed by atoms with Crippen LogP contribution in [-0.2, 0) is 27.2 Å². The van der Waals surface area contributed by atoms with Crippen LogP contribution in [0.1, 0.15) is 25.6 Å². The number of hydrogen-bond acceptors (Lipinski definition) is 5. The van der Waals surface area contributed by atoms with Crippen LogP contribution in [0.2, 0.25) is 0 Å². The van der Waals surface area contributed by atoms with Gasteiger partial charge in [-0.3, -0.25) is 4.79 Å². The van der Waals surface area contributed by atoms with Crippen LogP contribution in [-0.4, -0.2) is 40.1 Å². The minimum absolute atomic E-state index is 0.0715. The van der Waals surface area contributed by atoms with Crippen LogP contribution in [0, 0.1) is 0 Å². The van der Waals surface area contributed by atoms with Crippen LogP contribution in [0.15, 0.2) is 6.33 Å². The zero-order valence-corrected chi connectivity index (χ0v) is 9.96. The number of ether oxygens (including phenoxy) is 2. The maximum Gasteiger partial charge on any atom is 0.164 e. The number of hydrogen-bond donors (Lipinski definition) is 0. The molecule has 1 aliphatic rings. The molecular formula is C11H17N3O3. The Balaban J connectivity index is 1.86. The molecule has 1 fully saturated rings. The van der Waals surface area contributed by atoms with Crippen LogP contribution in [0.3, 0.4) is 0 Å². The molecule has 6 heteroatoms. The number of aryl methyl sites for hydroxylation is 1. The highest BCUT2D eigenvalue weighted by atomic mass is 16.7. The molecule has 2 heterocycles. The van der Waals surface area contributed by atoms with E-state index in [1.807, 2.05) is 0 Å². The first-order chi connectivity index (χ1) is 8.29. The molecule has 6 nitrogen and oxygen atoms in total. The lowest BCUT2D eigenvalue weighted by Gasteiger charge is -2.08. The molecule has 0 atom stereocenters. The molecule has 0 radical (unpaired) electrons. The van der Waals surface area contributed by atoms with Crippen molar-refractivity contribution in [3.63, 3.8) is 0 Å². The average molecular weight is 239 g/mol. The zero-order valence-electron chi connectivity index (χ0n) is 9.96. The van der Waals surface area contributed by atoms with Gasteiger partial charge in [0.05, 0.1) is 26.1 Å². The van der Waals surface area contributed by atoms with E-state index in [1.54, 1.807) is 4.68 Å². The highest BCUT2D eigenvalue weighted by molar-refractivity contribution is 5.80. The lowest BCUT2D eigenvalue weighted by Crippen LogP contribution is -2.18. The predicted molar refractivity (Wildman–Crippen MR) is 59.3 cm³/mol. The SMILES string of the molecule is CCCn1ncnc1CC(=O)CC1OCCO1. The Morgan fingerprint density at radius 3 is 3.00 bits per heavy atom. The van der Waals surface area contributed by atoms with Gasteiger partial charge in [-0.15, -0.1) is 0 Å². The van der Waals surface area contributed by atoms with Crippen molar-refractivity contribution in [1.82, 2.24) is 14.8 Å². The van der Waals surface area contributed by atoms with Gasteiger partial charge < -0.3 is 9.47 Å². The quantitative estimate of drug-likeness (QED) is 0.725. The first-order valence-corrected chi connectivity index (χ1v) is 5.91. The second kappa shape index (κ2) is 5.88. The maximum atomic E-state index is 11.8. The molecule has 0 N–H and O–H groups in total. The maximum absolute atomic E-state index is 11.8. The summed E-state index contributed by atoms with van der Waals surface area (Å²) in [5.41, 5.74) is 0. The van der Waals surface area contributed by atoms with E-state index < -0.39 is 0 Å². The van der Waals surface area contributed by atoms with Crippen molar-refractivity contribution in [3.05, 3.63) is 12.2 Å². The molecule has 1 aromatic heterocycles.